The molecule has 0 amide bonds. The molecule has 1 aromatic heterocycles. The van der Waals surface area contributed by atoms with Crippen molar-refractivity contribution in [3.63, 3.8) is 0 Å². The highest BCUT2D eigenvalue weighted by molar-refractivity contribution is 6.32. The Kier molecular flexibility index (Phi) is 5.21. The van der Waals surface area contributed by atoms with Crippen molar-refractivity contribution in [1.82, 2.24) is 4.98 Å². The molecule has 0 aliphatic carbocycles. The van der Waals surface area contributed by atoms with Gasteiger partial charge in [-0.2, -0.15) is 0 Å². The van der Waals surface area contributed by atoms with E-state index in [1.54, 1.807) is 12.4 Å². The topological polar surface area (TPSA) is 42.4 Å². The number of aromatic nitrogens is 1. The number of benzene rings is 1. The van der Waals surface area contributed by atoms with Gasteiger partial charge in [-0.3, -0.25) is 9.78 Å². The Labute approximate surface area is 149 Å². The van der Waals surface area contributed by atoms with Gasteiger partial charge < -0.3 is 9.64 Å². The lowest BCUT2D eigenvalue weighted by Crippen LogP contribution is -2.34. The van der Waals surface area contributed by atoms with E-state index in [4.69, 9.17) is 27.9 Å². The molecule has 1 saturated heterocycles. The van der Waals surface area contributed by atoms with Crippen molar-refractivity contribution in [3.05, 3.63) is 52.0 Å². The molecule has 1 aliphatic heterocycles. The summed E-state index contributed by atoms with van der Waals surface area (Å²) in [5.41, 5.74) is 0.849. The molecule has 7 heteroatoms. The standard InChI is InChI=1S/C17H15Cl2FN2O2/c18-12-5-14(8-21-7-12)22-3-1-2-13(22)10-24-17-6-16(20)11(9-23)4-15(17)19/h4-9,13H,1-3,10H2. The van der Waals surface area contributed by atoms with E-state index in [1.165, 1.54) is 6.07 Å². The number of hydrogen-bond donors (Lipinski definition) is 0. The number of pyridine rings is 1. The molecule has 1 fully saturated rings. The summed E-state index contributed by atoms with van der Waals surface area (Å²) in [4.78, 5) is 17.0. The number of ether oxygens (including phenoxy) is 1. The minimum absolute atomic E-state index is 0.0835. The third-order valence-corrected chi connectivity index (χ3v) is 4.51. The lowest BCUT2D eigenvalue weighted by Gasteiger charge is -2.26. The van der Waals surface area contributed by atoms with Crippen LogP contribution in [0.5, 0.6) is 5.75 Å². The van der Waals surface area contributed by atoms with Crippen molar-refractivity contribution in [2.24, 2.45) is 0 Å². The van der Waals surface area contributed by atoms with E-state index >= 15 is 0 Å². The van der Waals surface area contributed by atoms with Crippen LogP contribution in [0.25, 0.3) is 0 Å². The van der Waals surface area contributed by atoms with E-state index in [2.05, 4.69) is 9.88 Å². The van der Waals surface area contributed by atoms with Crippen molar-refractivity contribution in [2.45, 2.75) is 18.9 Å². The Morgan fingerprint density at radius 1 is 1.33 bits per heavy atom. The fourth-order valence-corrected chi connectivity index (χ4v) is 3.23. The quantitative estimate of drug-likeness (QED) is 0.734. The monoisotopic (exact) mass is 368 g/mol. The van der Waals surface area contributed by atoms with Crippen molar-refractivity contribution in [1.29, 1.82) is 0 Å². The molecule has 1 aromatic carbocycles. The zero-order valence-electron chi connectivity index (χ0n) is 12.7. The maximum Gasteiger partial charge on any atom is 0.153 e. The van der Waals surface area contributed by atoms with Crippen molar-refractivity contribution < 1.29 is 13.9 Å². The zero-order chi connectivity index (χ0) is 17.1. The molecule has 126 valence electrons. The van der Waals surface area contributed by atoms with Gasteiger partial charge in [0.05, 0.1) is 33.5 Å². The van der Waals surface area contributed by atoms with Gasteiger partial charge in [-0.05, 0) is 25.0 Å². The molecule has 2 aromatic rings. The Morgan fingerprint density at radius 2 is 2.17 bits per heavy atom. The zero-order valence-corrected chi connectivity index (χ0v) is 14.2. The summed E-state index contributed by atoms with van der Waals surface area (Å²) in [5.74, 6) is -0.414. The lowest BCUT2D eigenvalue weighted by atomic mass is 10.2. The lowest BCUT2D eigenvalue weighted by molar-refractivity contribution is 0.111. The first-order valence-electron chi connectivity index (χ1n) is 7.52. The van der Waals surface area contributed by atoms with Crippen LogP contribution >= 0.6 is 23.2 Å². The molecular weight excluding hydrogens is 354 g/mol. The molecule has 3 rings (SSSR count). The van der Waals surface area contributed by atoms with E-state index in [1.807, 2.05) is 6.07 Å². The first-order valence-corrected chi connectivity index (χ1v) is 8.28. The average molecular weight is 369 g/mol. The van der Waals surface area contributed by atoms with Crippen LogP contribution in [0.1, 0.15) is 23.2 Å². The Balaban J connectivity index is 1.72. The van der Waals surface area contributed by atoms with Gasteiger partial charge in [0, 0.05) is 18.8 Å². The number of rotatable bonds is 5. The highest BCUT2D eigenvalue weighted by Gasteiger charge is 2.26. The summed E-state index contributed by atoms with van der Waals surface area (Å²) in [5, 5.41) is 0.793. The molecule has 0 radical (unpaired) electrons. The van der Waals surface area contributed by atoms with Crippen LogP contribution in [-0.4, -0.2) is 30.5 Å². The minimum Gasteiger partial charge on any atom is -0.490 e. The summed E-state index contributed by atoms with van der Waals surface area (Å²) in [6.45, 7) is 1.23. The van der Waals surface area contributed by atoms with Crippen LogP contribution in [0.4, 0.5) is 10.1 Å². The van der Waals surface area contributed by atoms with Crippen LogP contribution in [-0.2, 0) is 0 Å². The van der Waals surface area contributed by atoms with Crippen molar-refractivity contribution in [3.8, 4) is 5.75 Å². The van der Waals surface area contributed by atoms with Gasteiger partial charge in [-0.25, -0.2) is 4.39 Å². The van der Waals surface area contributed by atoms with Gasteiger partial charge in [-0.1, -0.05) is 23.2 Å². The number of aldehydes is 1. The molecule has 0 bridgehead atoms. The number of halogens is 3. The first kappa shape index (κ1) is 17.0. The maximum atomic E-state index is 13.7. The summed E-state index contributed by atoms with van der Waals surface area (Å²) in [7, 11) is 0. The first-order chi connectivity index (χ1) is 11.6. The summed E-state index contributed by atoms with van der Waals surface area (Å²) in [6.07, 6.45) is 5.74. The van der Waals surface area contributed by atoms with E-state index in [0.717, 1.165) is 31.1 Å². The predicted octanol–water partition coefficient (Wildman–Crippen LogP) is 4.39. The van der Waals surface area contributed by atoms with E-state index in [-0.39, 0.29) is 22.4 Å². The molecular formula is C17H15Cl2FN2O2. The molecule has 1 unspecified atom stereocenters. The number of nitrogens with zero attached hydrogens (tertiary/aromatic N) is 2. The second-order valence-electron chi connectivity index (χ2n) is 5.58. The van der Waals surface area contributed by atoms with Crippen LogP contribution < -0.4 is 9.64 Å². The highest BCUT2D eigenvalue weighted by Crippen LogP contribution is 2.30. The second-order valence-corrected chi connectivity index (χ2v) is 6.43. The second kappa shape index (κ2) is 7.36. The third kappa shape index (κ3) is 3.62. The van der Waals surface area contributed by atoms with Crippen LogP contribution in [0.3, 0.4) is 0 Å². The fraction of sp³-hybridized carbons (Fsp3) is 0.294. The summed E-state index contributed by atoms with van der Waals surface area (Å²) >= 11 is 12.1. The van der Waals surface area contributed by atoms with Gasteiger partial charge in [0.15, 0.2) is 6.29 Å². The van der Waals surface area contributed by atoms with Crippen molar-refractivity contribution in [2.75, 3.05) is 18.1 Å². The largest absolute Gasteiger partial charge is 0.490 e. The summed E-state index contributed by atoms with van der Waals surface area (Å²) in [6, 6.07) is 4.40. The van der Waals surface area contributed by atoms with E-state index in [0.29, 0.717) is 17.9 Å². The maximum absolute atomic E-state index is 13.7. The number of anilines is 1. The third-order valence-electron chi connectivity index (χ3n) is 4.01. The van der Waals surface area contributed by atoms with Crippen LogP contribution in [0.2, 0.25) is 10.0 Å². The fourth-order valence-electron chi connectivity index (χ4n) is 2.84. The van der Waals surface area contributed by atoms with Gasteiger partial charge in [0.25, 0.3) is 0 Å². The molecule has 0 N–H and O–H groups in total. The molecule has 2 heterocycles. The van der Waals surface area contributed by atoms with Crippen LogP contribution in [0.15, 0.2) is 30.6 Å². The Bertz CT molecular complexity index is 757. The predicted molar refractivity (Wildman–Crippen MR) is 91.9 cm³/mol. The van der Waals surface area contributed by atoms with E-state index in [9.17, 15) is 9.18 Å². The molecule has 0 spiro atoms. The van der Waals surface area contributed by atoms with Crippen LogP contribution in [0, 0.1) is 5.82 Å². The Morgan fingerprint density at radius 3 is 2.92 bits per heavy atom. The van der Waals surface area contributed by atoms with Gasteiger partial charge in [0.2, 0.25) is 0 Å². The minimum atomic E-state index is -0.647. The SMILES string of the molecule is O=Cc1cc(Cl)c(OCC2CCCN2c2cncc(Cl)c2)cc1F. The highest BCUT2D eigenvalue weighted by atomic mass is 35.5. The molecule has 24 heavy (non-hydrogen) atoms. The van der Waals surface area contributed by atoms with E-state index < -0.39 is 5.82 Å². The number of carbonyl (C=O) groups excluding carboxylic acids is 1. The van der Waals surface area contributed by atoms with Gasteiger partial charge in [-0.15, -0.1) is 0 Å². The smallest absolute Gasteiger partial charge is 0.153 e. The number of hydrogen-bond acceptors (Lipinski definition) is 4. The molecule has 0 saturated carbocycles. The molecule has 1 atom stereocenters. The Hall–Kier alpha value is -1.85. The average Bonchev–Trinajstić information content (AvgIpc) is 3.03. The number of carbonyl (C=O) groups is 1. The van der Waals surface area contributed by atoms with Gasteiger partial charge >= 0.3 is 0 Å². The molecule has 4 nitrogen and oxygen atoms in total. The van der Waals surface area contributed by atoms with Gasteiger partial charge in [0.1, 0.15) is 18.2 Å². The summed E-state index contributed by atoms with van der Waals surface area (Å²) < 4.78 is 19.4. The normalized spacial score (nSPS) is 17.1. The molecule has 1 aliphatic rings. The van der Waals surface area contributed by atoms with Crippen molar-refractivity contribution >= 4 is 35.2 Å².